The molecule has 1 aromatic heterocycles. The normalized spacial score (nSPS) is 12.4. The average molecular weight is 265 g/mol. The van der Waals surface area contributed by atoms with Gasteiger partial charge in [0.15, 0.2) is 5.76 Å². The van der Waals surface area contributed by atoms with Crippen LogP contribution in [0.25, 0.3) is 0 Å². The van der Waals surface area contributed by atoms with Gasteiger partial charge in [-0.3, -0.25) is 8.51 Å². The van der Waals surface area contributed by atoms with Gasteiger partial charge in [0.25, 0.3) is 0 Å². The molecule has 0 radical (unpaired) electrons. The predicted octanol–water partition coefficient (Wildman–Crippen LogP) is 2.53. The van der Waals surface area contributed by atoms with Crippen molar-refractivity contribution < 1.29 is 13.3 Å². The van der Waals surface area contributed by atoms with Crippen molar-refractivity contribution >= 4 is 22.6 Å². The molecule has 1 unspecified atom stereocenters. The molecule has 0 bridgehead atoms. The number of rotatable bonds is 3. The first-order valence-electron chi connectivity index (χ1n) is 5.39. The molecule has 0 aliphatic carbocycles. The minimum atomic E-state index is -2.43. The number of nitrogens with zero attached hydrogens (tertiary/aromatic N) is 2. The molecule has 2 rings (SSSR count). The standard InChI is InChI=1S/C12H14N2O3S/c1-8-4-6-11(7-5-8)14(18(15)16)12-9(2)13-17-10(12)3/h4-7H,1-3H3,(H,15,16)/p-1. The Morgan fingerprint density at radius 1 is 1.22 bits per heavy atom. The van der Waals surface area contributed by atoms with E-state index in [0.29, 0.717) is 22.8 Å². The maximum atomic E-state index is 11.4. The topological polar surface area (TPSA) is 69.4 Å². The first-order valence-corrected chi connectivity index (χ1v) is 6.43. The molecule has 0 N–H and O–H groups in total. The summed E-state index contributed by atoms with van der Waals surface area (Å²) in [6.07, 6.45) is 0. The zero-order valence-electron chi connectivity index (χ0n) is 10.3. The minimum Gasteiger partial charge on any atom is -0.755 e. The zero-order chi connectivity index (χ0) is 13.3. The van der Waals surface area contributed by atoms with Gasteiger partial charge in [-0.05, 0) is 32.9 Å². The van der Waals surface area contributed by atoms with Gasteiger partial charge in [0.1, 0.15) is 11.4 Å². The first kappa shape index (κ1) is 12.8. The molecule has 0 aliphatic heterocycles. The van der Waals surface area contributed by atoms with Crippen LogP contribution in [0.1, 0.15) is 17.0 Å². The highest BCUT2D eigenvalue weighted by Gasteiger charge is 2.19. The summed E-state index contributed by atoms with van der Waals surface area (Å²) in [7, 11) is 0. The van der Waals surface area contributed by atoms with E-state index in [-0.39, 0.29) is 0 Å². The van der Waals surface area contributed by atoms with Gasteiger partial charge in [-0.25, -0.2) is 0 Å². The lowest BCUT2D eigenvalue weighted by atomic mass is 10.2. The van der Waals surface area contributed by atoms with Crippen molar-refractivity contribution in [1.82, 2.24) is 5.16 Å². The van der Waals surface area contributed by atoms with Crippen LogP contribution in [0.4, 0.5) is 11.4 Å². The van der Waals surface area contributed by atoms with Crippen molar-refractivity contribution in [2.45, 2.75) is 20.8 Å². The average Bonchev–Trinajstić information content (AvgIpc) is 2.63. The van der Waals surface area contributed by atoms with E-state index in [1.165, 1.54) is 4.31 Å². The predicted molar refractivity (Wildman–Crippen MR) is 68.2 cm³/mol. The summed E-state index contributed by atoms with van der Waals surface area (Å²) in [5.74, 6) is 0.470. The Balaban J connectivity index is 2.53. The van der Waals surface area contributed by atoms with E-state index in [9.17, 15) is 8.76 Å². The zero-order valence-corrected chi connectivity index (χ0v) is 11.2. The monoisotopic (exact) mass is 265 g/mol. The molecule has 2 aromatic rings. The van der Waals surface area contributed by atoms with Crippen molar-refractivity contribution in [2.24, 2.45) is 0 Å². The van der Waals surface area contributed by atoms with Crippen molar-refractivity contribution in [1.29, 1.82) is 0 Å². The molecule has 18 heavy (non-hydrogen) atoms. The van der Waals surface area contributed by atoms with Crippen LogP contribution in [0.5, 0.6) is 0 Å². The Morgan fingerprint density at radius 2 is 1.83 bits per heavy atom. The third-order valence-corrected chi connectivity index (χ3v) is 3.31. The number of anilines is 2. The second-order valence-corrected chi connectivity index (χ2v) is 4.82. The van der Waals surface area contributed by atoms with Gasteiger partial charge in [-0.15, -0.1) is 0 Å². The van der Waals surface area contributed by atoms with Crippen LogP contribution in [0.2, 0.25) is 0 Å². The molecule has 0 saturated carbocycles. The van der Waals surface area contributed by atoms with Gasteiger partial charge in [0, 0.05) is 0 Å². The molecular formula is C12H13N2O3S-. The Labute approximate surface area is 108 Å². The van der Waals surface area contributed by atoms with Crippen LogP contribution in [0.15, 0.2) is 28.8 Å². The SMILES string of the molecule is Cc1ccc(N(c2c(C)noc2C)S(=O)[O-])cc1. The van der Waals surface area contributed by atoms with E-state index in [2.05, 4.69) is 5.16 Å². The second-order valence-electron chi connectivity index (χ2n) is 4.02. The summed E-state index contributed by atoms with van der Waals surface area (Å²) in [5, 5.41) is 3.77. The highest BCUT2D eigenvalue weighted by Crippen LogP contribution is 2.32. The van der Waals surface area contributed by atoms with E-state index in [1.807, 2.05) is 19.1 Å². The molecule has 0 amide bonds. The highest BCUT2D eigenvalue weighted by atomic mass is 32.2. The molecule has 1 heterocycles. The summed E-state index contributed by atoms with van der Waals surface area (Å²) in [6.45, 7) is 5.33. The van der Waals surface area contributed by atoms with Crippen LogP contribution in [0, 0.1) is 20.8 Å². The van der Waals surface area contributed by atoms with E-state index in [0.717, 1.165) is 5.56 Å². The van der Waals surface area contributed by atoms with Gasteiger partial charge < -0.3 is 9.08 Å². The number of aryl methyl sites for hydroxylation is 3. The Morgan fingerprint density at radius 3 is 2.28 bits per heavy atom. The molecule has 1 atom stereocenters. The fourth-order valence-electron chi connectivity index (χ4n) is 1.74. The van der Waals surface area contributed by atoms with Crippen LogP contribution < -0.4 is 4.31 Å². The molecular weight excluding hydrogens is 252 g/mol. The summed E-state index contributed by atoms with van der Waals surface area (Å²) in [4.78, 5) is 0. The fraction of sp³-hybridized carbons (Fsp3) is 0.250. The van der Waals surface area contributed by atoms with Crippen LogP contribution >= 0.6 is 0 Å². The molecule has 96 valence electrons. The third-order valence-electron chi connectivity index (χ3n) is 2.62. The Kier molecular flexibility index (Phi) is 3.49. The van der Waals surface area contributed by atoms with Crippen LogP contribution in [-0.2, 0) is 11.3 Å². The van der Waals surface area contributed by atoms with Crippen LogP contribution in [0.3, 0.4) is 0 Å². The smallest absolute Gasteiger partial charge is 0.158 e. The van der Waals surface area contributed by atoms with Gasteiger partial charge in [0.2, 0.25) is 0 Å². The van der Waals surface area contributed by atoms with Gasteiger partial charge in [0.05, 0.1) is 17.0 Å². The summed E-state index contributed by atoms with van der Waals surface area (Å²) >= 11 is -2.43. The maximum absolute atomic E-state index is 11.4. The van der Waals surface area contributed by atoms with Crippen molar-refractivity contribution in [3.8, 4) is 0 Å². The second kappa shape index (κ2) is 4.91. The largest absolute Gasteiger partial charge is 0.755 e. The molecule has 0 saturated heterocycles. The van der Waals surface area contributed by atoms with Crippen molar-refractivity contribution in [2.75, 3.05) is 4.31 Å². The van der Waals surface area contributed by atoms with Crippen molar-refractivity contribution in [3.63, 3.8) is 0 Å². The molecule has 1 aromatic carbocycles. The molecule has 6 heteroatoms. The van der Waals surface area contributed by atoms with Gasteiger partial charge >= 0.3 is 0 Å². The van der Waals surface area contributed by atoms with E-state index >= 15 is 0 Å². The van der Waals surface area contributed by atoms with Crippen molar-refractivity contribution in [3.05, 3.63) is 41.3 Å². The van der Waals surface area contributed by atoms with Gasteiger partial charge in [-0.2, -0.15) is 0 Å². The number of hydrogen-bond donors (Lipinski definition) is 0. The maximum Gasteiger partial charge on any atom is 0.158 e. The molecule has 0 fully saturated rings. The first-order chi connectivity index (χ1) is 8.50. The van der Waals surface area contributed by atoms with E-state index in [1.54, 1.807) is 26.0 Å². The Bertz CT molecular complexity index is 558. The molecule has 0 aliphatic rings. The minimum absolute atomic E-state index is 0.465. The number of aromatic nitrogens is 1. The van der Waals surface area contributed by atoms with Crippen LogP contribution in [-0.4, -0.2) is 13.9 Å². The summed E-state index contributed by atoms with van der Waals surface area (Å²) in [5.41, 5.74) is 2.63. The van der Waals surface area contributed by atoms with E-state index in [4.69, 9.17) is 4.52 Å². The quantitative estimate of drug-likeness (QED) is 0.800. The number of hydrogen-bond acceptors (Lipinski definition) is 4. The third kappa shape index (κ3) is 2.30. The molecule has 0 spiro atoms. The highest BCUT2D eigenvalue weighted by molar-refractivity contribution is 7.81. The Hall–Kier alpha value is -1.66. The van der Waals surface area contributed by atoms with E-state index < -0.39 is 11.3 Å². The number of benzene rings is 1. The molecule has 5 nitrogen and oxygen atoms in total. The van der Waals surface area contributed by atoms with Gasteiger partial charge in [-0.1, -0.05) is 22.9 Å². The summed E-state index contributed by atoms with van der Waals surface area (Å²) in [6, 6.07) is 7.20. The lowest BCUT2D eigenvalue weighted by molar-refractivity contribution is 0.393. The fourth-order valence-corrected chi connectivity index (χ4v) is 2.44. The summed E-state index contributed by atoms with van der Waals surface area (Å²) < 4.78 is 29.1. The lowest BCUT2D eigenvalue weighted by Gasteiger charge is -2.25. The lowest BCUT2D eigenvalue weighted by Crippen LogP contribution is -2.20.